The molecule has 1 fully saturated rings. The van der Waals surface area contributed by atoms with Crippen molar-refractivity contribution >= 4 is 16.3 Å². The van der Waals surface area contributed by atoms with Crippen molar-refractivity contribution in [3.63, 3.8) is 0 Å². The first kappa shape index (κ1) is 13.7. The SMILES string of the molecule is NCC1(c2nn3c(C(F)(F)F)nnc3s2)CCOCC1. The number of ether oxygens (including phenoxy) is 1. The average molecular weight is 307 g/mol. The normalized spacial score (nSPS) is 19.6. The molecule has 110 valence electrons. The number of hydrogen-bond acceptors (Lipinski definition) is 6. The molecule has 0 spiro atoms. The molecule has 10 heteroatoms. The van der Waals surface area contributed by atoms with Gasteiger partial charge in [0.25, 0.3) is 5.82 Å². The molecule has 3 heterocycles. The second kappa shape index (κ2) is 4.64. The quantitative estimate of drug-likeness (QED) is 0.902. The molecule has 0 unspecified atom stereocenters. The van der Waals surface area contributed by atoms with Crippen LogP contribution >= 0.6 is 11.3 Å². The number of aromatic nitrogens is 4. The average Bonchev–Trinajstić information content (AvgIpc) is 2.98. The molecule has 6 nitrogen and oxygen atoms in total. The summed E-state index contributed by atoms with van der Waals surface area (Å²) in [6.07, 6.45) is -3.28. The molecule has 0 atom stereocenters. The highest BCUT2D eigenvalue weighted by molar-refractivity contribution is 7.16. The summed E-state index contributed by atoms with van der Waals surface area (Å²) in [6.45, 7) is 1.38. The fraction of sp³-hybridized carbons (Fsp3) is 0.700. The van der Waals surface area contributed by atoms with Gasteiger partial charge in [-0.1, -0.05) is 11.3 Å². The van der Waals surface area contributed by atoms with Crippen LogP contribution < -0.4 is 5.73 Å². The molecule has 2 aromatic heterocycles. The van der Waals surface area contributed by atoms with Gasteiger partial charge in [0.1, 0.15) is 5.01 Å². The van der Waals surface area contributed by atoms with Crippen LogP contribution in [0, 0.1) is 0 Å². The molecule has 3 rings (SSSR count). The van der Waals surface area contributed by atoms with Gasteiger partial charge in [-0.05, 0) is 12.8 Å². The van der Waals surface area contributed by atoms with Crippen molar-refractivity contribution in [2.24, 2.45) is 5.73 Å². The highest BCUT2D eigenvalue weighted by Crippen LogP contribution is 2.37. The van der Waals surface area contributed by atoms with E-state index in [1.54, 1.807) is 0 Å². The van der Waals surface area contributed by atoms with E-state index in [9.17, 15) is 13.2 Å². The molecule has 2 N–H and O–H groups in total. The number of nitrogens with two attached hydrogens (primary N) is 1. The molecule has 20 heavy (non-hydrogen) atoms. The summed E-state index contributed by atoms with van der Waals surface area (Å²) < 4.78 is 44.4. The lowest BCUT2D eigenvalue weighted by atomic mass is 9.81. The highest BCUT2D eigenvalue weighted by Gasteiger charge is 2.41. The van der Waals surface area contributed by atoms with Crippen LogP contribution in [0.3, 0.4) is 0 Å². The number of nitrogens with zero attached hydrogens (tertiary/aromatic N) is 4. The smallest absolute Gasteiger partial charge is 0.381 e. The predicted octanol–water partition coefficient (Wildman–Crippen LogP) is 1.21. The molecule has 0 radical (unpaired) electrons. The number of halogens is 3. The van der Waals surface area contributed by atoms with Crippen molar-refractivity contribution in [1.82, 2.24) is 19.8 Å². The fourth-order valence-corrected chi connectivity index (χ4v) is 3.37. The molecule has 0 amide bonds. The van der Waals surface area contributed by atoms with E-state index in [4.69, 9.17) is 10.5 Å². The number of fused-ring (bicyclic) bond motifs is 1. The largest absolute Gasteiger partial charge is 0.453 e. The molecule has 0 aromatic carbocycles. The van der Waals surface area contributed by atoms with Crippen molar-refractivity contribution in [3.8, 4) is 0 Å². The Kier molecular flexibility index (Phi) is 3.18. The van der Waals surface area contributed by atoms with Gasteiger partial charge in [0.05, 0.1) is 0 Å². The Labute approximate surface area is 115 Å². The molecule has 0 bridgehead atoms. The zero-order valence-corrected chi connectivity index (χ0v) is 11.2. The van der Waals surface area contributed by atoms with Gasteiger partial charge in [0.2, 0.25) is 4.96 Å². The van der Waals surface area contributed by atoms with E-state index in [-0.39, 0.29) is 4.96 Å². The van der Waals surface area contributed by atoms with Crippen LogP contribution in [0.5, 0.6) is 0 Å². The molecular weight excluding hydrogens is 295 g/mol. The van der Waals surface area contributed by atoms with Crippen molar-refractivity contribution in [3.05, 3.63) is 10.8 Å². The molecular formula is C10H12F3N5OS. The standard InChI is InChI=1S/C10H12F3N5OS/c11-10(12,13)6-15-16-8-18(6)17-7(20-8)9(5-14)1-3-19-4-2-9/h1-5,14H2. The van der Waals surface area contributed by atoms with Crippen LogP contribution in [0.4, 0.5) is 13.2 Å². The zero-order chi connectivity index (χ0) is 14.4. The van der Waals surface area contributed by atoms with Crippen LogP contribution in [-0.4, -0.2) is 39.6 Å². The third-order valence-corrected chi connectivity index (χ3v) is 4.68. The van der Waals surface area contributed by atoms with Gasteiger partial charge in [-0.25, -0.2) is 0 Å². The van der Waals surface area contributed by atoms with Gasteiger partial charge in [-0.3, -0.25) is 0 Å². The third-order valence-electron chi connectivity index (χ3n) is 3.54. The molecule has 1 aliphatic heterocycles. The van der Waals surface area contributed by atoms with E-state index >= 15 is 0 Å². The number of alkyl halides is 3. The Balaban J connectivity index is 2.06. The summed E-state index contributed by atoms with van der Waals surface area (Å²) in [7, 11) is 0. The third kappa shape index (κ3) is 2.07. The molecule has 2 aromatic rings. The summed E-state index contributed by atoms with van der Waals surface area (Å²) in [4.78, 5) is 0.131. The lowest BCUT2D eigenvalue weighted by Gasteiger charge is -2.33. The lowest BCUT2D eigenvalue weighted by Crippen LogP contribution is -2.40. The van der Waals surface area contributed by atoms with Crippen LogP contribution in [0.25, 0.3) is 4.96 Å². The van der Waals surface area contributed by atoms with Gasteiger partial charge in [0, 0.05) is 25.2 Å². The van der Waals surface area contributed by atoms with E-state index in [0.29, 0.717) is 37.6 Å². The first-order chi connectivity index (χ1) is 9.46. The van der Waals surface area contributed by atoms with Crippen LogP contribution in [0.1, 0.15) is 23.7 Å². The van der Waals surface area contributed by atoms with Crippen LogP contribution in [0.2, 0.25) is 0 Å². The highest BCUT2D eigenvalue weighted by atomic mass is 32.1. The van der Waals surface area contributed by atoms with E-state index in [0.717, 1.165) is 15.9 Å². The zero-order valence-electron chi connectivity index (χ0n) is 10.4. The minimum absolute atomic E-state index is 0.131. The Hall–Kier alpha value is -1.26. The summed E-state index contributed by atoms with van der Waals surface area (Å²) in [6, 6.07) is 0. The van der Waals surface area contributed by atoms with Crippen molar-refractivity contribution < 1.29 is 17.9 Å². The minimum Gasteiger partial charge on any atom is -0.381 e. The van der Waals surface area contributed by atoms with Gasteiger partial charge < -0.3 is 10.5 Å². The van der Waals surface area contributed by atoms with Gasteiger partial charge in [-0.15, -0.1) is 10.2 Å². The topological polar surface area (TPSA) is 78.3 Å². The summed E-state index contributed by atoms with van der Waals surface area (Å²) in [5.74, 6) is -1.10. The number of hydrogen-bond donors (Lipinski definition) is 1. The van der Waals surface area contributed by atoms with Crippen LogP contribution in [0.15, 0.2) is 0 Å². The Morgan fingerprint density at radius 2 is 2.00 bits per heavy atom. The second-order valence-corrected chi connectivity index (χ2v) is 5.68. The molecule has 0 aliphatic carbocycles. The van der Waals surface area contributed by atoms with E-state index in [1.165, 1.54) is 0 Å². The van der Waals surface area contributed by atoms with Gasteiger partial charge in [0.15, 0.2) is 0 Å². The van der Waals surface area contributed by atoms with Crippen molar-refractivity contribution in [2.45, 2.75) is 24.4 Å². The van der Waals surface area contributed by atoms with Crippen molar-refractivity contribution in [2.75, 3.05) is 19.8 Å². The van der Waals surface area contributed by atoms with Crippen LogP contribution in [-0.2, 0) is 16.3 Å². The Morgan fingerprint density at radius 1 is 1.30 bits per heavy atom. The summed E-state index contributed by atoms with van der Waals surface area (Å²) in [5.41, 5.74) is 5.40. The Morgan fingerprint density at radius 3 is 2.60 bits per heavy atom. The van der Waals surface area contributed by atoms with Gasteiger partial charge in [-0.2, -0.15) is 22.8 Å². The lowest BCUT2D eigenvalue weighted by molar-refractivity contribution is -0.146. The number of rotatable bonds is 2. The van der Waals surface area contributed by atoms with E-state index in [1.807, 2.05) is 0 Å². The minimum atomic E-state index is -4.57. The summed E-state index contributed by atoms with van der Waals surface area (Å²) in [5, 5.41) is 11.3. The first-order valence-corrected chi connectivity index (χ1v) is 6.86. The van der Waals surface area contributed by atoms with E-state index in [2.05, 4.69) is 15.3 Å². The predicted molar refractivity (Wildman–Crippen MR) is 64.4 cm³/mol. The summed E-state index contributed by atoms with van der Waals surface area (Å²) >= 11 is 1.11. The molecule has 1 saturated heterocycles. The maximum Gasteiger partial charge on any atom is 0.453 e. The maximum atomic E-state index is 12.8. The van der Waals surface area contributed by atoms with E-state index < -0.39 is 17.4 Å². The second-order valence-electron chi connectivity index (χ2n) is 4.72. The fourth-order valence-electron chi connectivity index (χ4n) is 2.28. The Bertz CT molecular complexity index is 616. The first-order valence-electron chi connectivity index (χ1n) is 6.04. The van der Waals surface area contributed by atoms with Crippen molar-refractivity contribution in [1.29, 1.82) is 0 Å². The monoisotopic (exact) mass is 307 g/mol. The molecule has 1 aliphatic rings. The van der Waals surface area contributed by atoms with Gasteiger partial charge >= 0.3 is 6.18 Å². The maximum absolute atomic E-state index is 12.8. The molecule has 0 saturated carbocycles.